The van der Waals surface area contributed by atoms with E-state index in [1.54, 1.807) is 0 Å². The first-order valence-corrected chi connectivity index (χ1v) is 10.1. The molecule has 0 amide bonds. The number of ketones is 1. The lowest BCUT2D eigenvalue weighted by Gasteiger charge is -2.07. The number of unbranched alkanes of at least 4 members (excludes halogenated alkanes) is 9. The number of hydrogen-bond donors (Lipinski definition) is 0. The molecule has 0 saturated heterocycles. The van der Waals surface area contributed by atoms with Crippen LogP contribution in [0, 0.1) is 0 Å². The number of carbonyl (C=O) groups excluding carboxylic acids is 1. The molecule has 0 bridgehead atoms. The van der Waals surface area contributed by atoms with Gasteiger partial charge in [0.05, 0.1) is 0 Å². The van der Waals surface area contributed by atoms with Gasteiger partial charge in [0.2, 0.25) is 0 Å². The molecule has 0 radical (unpaired) electrons. The molecule has 0 heterocycles. The molecule has 1 atom stereocenters. The summed E-state index contributed by atoms with van der Waals surface area (Å²) >= 11 is 0. The van der Waals surface area contributed by atoms with Gasteiger partial charge in [0.1, 0.15) is 5.25 Å². The molecule has 120 valence electrons. The quantitative estimate of drug-likeness (QED) is 0.477. The predicted octanol–water partition coefficient (Wildman–Crippen LogP) is 4.30. The molecule has 0 aliphatic carbocycles. The highest BCUT2D eigenvalue weighted by Crippen LogP contribution is 2.12. The van der Waals surface area contributed by atoms with Crippen LogP contribution in [-0.4, -0.2) is 25.7 Å². The van der Waals surface area contributed by atoms with Gasteiger partial charge in [-0.2, -0.15) is 0 Å². The van der Waals surface area contributed by atoms with Crippen LogP contribution in [0.2, 0.25) is 0 Å². The fourth-order valence-corrected chi connectivity index (χ4v) is 2.82. The van der Waals surface area contributed by atoms with E-state index in [4.69, 9.17) is 0 Å². The molecule has 0 spiro atoms. The van der Waals surface area contributed by atoms with Crippen molar-refractivity contribution in [3.8, 4) is 0 Å². The Kier molecular flexibility index (Phi) is 11.1. The average Bonchev–Trinajstić information content (AvgIpc) is 2.38. The van der Waals surface area contributed by atoms with Crippen molar-refractivity contribution >= 4 is 15.6 Å². The maximum atomic E-state index is 11.6. The van der Waals surface area contributed by atoms with E-state index in [1.807, 2.05) is 0 Å². The molecule has 0 rings (SSSR count). The largest absolute Gasteiger partial charge is 0.298 e. The predicted molar refractivity (Wildman–Crippen MR) is 85.8 cm³/mol. The Labute approximate surface area is 125 Å². The van der Waals surface area contributed by atoms with Gasteiger partial charge in [-0.15, -0.1) is 0 Å². The average molecular weight is 304 g/mol. The first-order valence-electron chi connectivity index (χ1n) is 8.11. The summed E-state index contributed by atoms with van der Waals surface area (Å²) in [5, 5.41) is -0.832. The van der Waals surface area contributed by atoms with Gasteiger partial charge >= 0.3 is 0 Å². The third kappa shape index (κ3) is 10.4. The molecule has 0 aromatic carbocycles. The van der Waals surface area contributed by atoms with Crippen LogP contribution in [0.15, 0.2) is 0 Å². The van der Waals surface area contributed by atoms with Crippen molar-refractivity contribution in [2.45, 2.75) is 89.7 Å². The van der Waals surface area contributed by atoms with E-state index in [-0.39, 0.29) is 5.78 Å². The van der Waals surface area contributed by atoms with Gasteiger partial charge in [-0.1, -0.05) is 64.7 Å². The second-order valence-corrected chi connectivity index (χ2v) is 8.24. The zero-order valence-corrected chi connectivity index (χ0v) is 14.3. The summed E-state index contributed by atoms with van der Waals surface area (Å²) in [6, 6.07) is 0. The molecule has 0 N–H and O–H groups in total. The molecule has 0 aliphatic heterocycles. The number of sulfone groups is 1. The van der Waals surface area contributed by atoms with E-state index in [1.165, 1.54) is 51.9 Å². The van der Waals surface area contributed by atoms with Crippen LogP contribution in [0.3, 0.4) is 0 Å². The van der Waals surface area contributed by atoms with E-state index in [9.17, 15) is 13.2 Å². The maximum Gasteiger partial charge on any atom is 0.157 e. The Hall–Kier alpha value is -0.380. The lowest BCUT2D eigenvalue weighted by molar-refractivity contribution is -0.118. The summed E-state index contributed by atoms with van der Waals surface area (Å²) < 4.78 is 22.5. The Morgan fingerprint density at radius 2 is 1.25 bits per heavy atom. The third-order valence-electron chi connectivity index (χ3n) is 3.87. The summed E-state index contributed by atoms with van der Waals surface area (Å²) in [5.41, 5.74) is 0. The molecular formula is C16H32O3S. The van der Waals surface area contributed by atoms with Gasteiger partial charge in [0.25, 0.3) is 0 Å². The smallest absolute Gasteiger partial charge is 0.157 e. The highest BCUT2D eigenvalue weighted by Gasteiger charge is 2.22. The highest BCUT2D eigenvalue weighted by molar-refractivity contribution is 7.92. The minimum atomic E-state index is -3.21. The summed E-state index contributed by atoms with van der Waals surface area (Å²) in [7, 11) is -3.21. The molecule has 1 unspecified atom stereocenters. The number of hydrogen-bond acceptors (Lipinski definition) is 3. The monoisotopic (exact) mass is 304 g/mol. The van der Waals surface area contributed by atoms with Crippen LogP contribution < -0.4 is 0 Å². The van der Waals surface area contributed by atoms with E-state index >= 15 is 0 Å². The highest BCUT2D eigenvalue weighted by atomic mass is 32.2. The van der Waals surface area contributed by atoms with Gasteiger partial charge in [0.15, 0.2) is 15.6 Å². The Bertz CT molecular complexity index is 347. The van der Waals surface area contributed by atoms with E-state index < -0.39 is 15.1 Å². The lowest BCUT2D eigenvalue weighted by Crippen LogP contribution is -2.25. The SMILES string of the molecule is CCCCCCCCCCCCC(=O)C(C)S(C)(=O)=O. The standard InChI is InChI=1S/C16H32O3S/c1-4-5-6-7-8-9-10-11-12-13-14-16(17)15(2)20(3,18)19/h15H,4-14H2,1-3H3. The van der Waals surface area contributed by atoms with Crippen LogP contribution in [0.5, 0.6) is 0 Å². The minimum Gasteiger partial charge on any atom is -0.298 e. The van der Waals surface area contributed by atoms with Crippen LogP contribution in [0.4, 0.5) is 0 Å². The van der Waals surface area contributed by atoms with Gasteiger partial charge in [-0.25, -0.2) is 8.42 Å². The zero-order valence-electron chi connectivity index (χ0n) is 13.5. The normalized spacial score (nSPS) is 13.3. The molecule has 0 saturated carbocycles. The number of Topliss-reactive ketones (excluding diaryl/α,β-unsaturated/α-hetero) is 1. The van der Waals surface area contributed by atoms with Crippen LogP contribution in [0.1, 0.15) is 84.5 Å². The van der Waals surface area contributed by atoms with Gasteiger partial charge in [0, 0.05) is 12.7 Å². The molecule has 20 heavy (non-hydrogen) atoms. The molecule has 0 aliphatic rings. The van der Waals surface area contributed by atoms with E-state index in [0.29, 0.717) is 6.42 Å². The number of rotatable bonds is 13. The second kappa shape index (κ2) is 11.3. The van der Waals surface area contributed by atoms with Crippen molar-refractivity contribution < 1.29 is 13.2 Å². The van der Waals surface area contributed by atoms with Crippen molar-refractivity contribution in [1.29, 1.82) is 0 Å². The summed E-state index contributed by atoms with van der Waals surface area (Å²) in [6.07, 6.45) is 13.8. The molecule has 0 aromatic heterocycles. The van der Waals surface area contributed by atoms with Crippen LogP contribution >= 0.6 is 0 Å². The summed E-state index contributed by atoms with van der Waals surface area (Å²) in [6.45, 7) is 3.72. The number of carbonyl (C=O) groups is 1. The van der Waals surface area contributed by atoms with Gasteiger partial charge in [-0.05, 0) is 13.3 Å². The Balaban J connectivity index is 3.43. The molecule has 0 fully saturated rings. The van der Waals surface area contributed by atoms with E-state index in [0.717, 1.165) is 25.5 Å². The molecule has 4 heteroatoms. The molecule has 0 aromatic rings. The van der Waals surface area contributed by atoms with Crippen LogP contribution in [0.25, 0.3) is 0 Å². The lowest BCUT2D eigenvalue weighted by atomic mass is 10.0. The maximum absolute atomic E-state index is 11.6. The Morgan fingerprint density at radius 1 is 0.850 bits per heavy atom. The fourth-order valence-electron chi connectivity index (χ4n) is 2.23. The van der Waals surface area contributed by atoms with Crippen molar-refractivity contribution in [2.24, 2.45) is 0 Å². The summed E-state index contributed by atoms with van der Waals surface area (Å²) in [4.78, 5) is 11.6. The van der Waals surface area contributed by atoms with E-state index in [2.05, 4.69) is 6.92 Å². The van der Waals surface area contributed by atoms with Gasteiger partial charge < -0.3 is 0 Å². The second-order valence-electron chi connectivity index (χ2n) is 5.87. The molecule has 3 nitrogen and oxygen atoms in total. The molecular weight excluding hydrogens is 272 g/mol. The fraction of sp³-hybridized carbons (Fsp3) is 0.938. The van der Waals surface area contributed by atoms with Crippen molar-refractivity contribution in [3.63, 3.8) is 0 Å². The van der Waals surface area contributed by atoms with Crippen molar-refractivity contribution in [3.05, 3.63) is 0 Å². The van der Waals surface area contributed by atoms with Crippen molar-refractivity contribution in [2.75, 3.05) is 6.26 Å². The first kappa shape index (κ1) is 19.6. The van der Waals surface area contributed by atoms with Crippen molar-refractivity contribution in [1.82, 2.24) is 0 Å². The van der Waals surface area contributed by atoms with Crippen LogP contribution in [-0.2, 0) is 14.6 Å². The van der Waals surface area contributed by atoms with Gasteiger partial charge in [-0.3, -0.25) is 4.79 Å². The third-order valence-corrected chi connectivity index (χ3v) is 5.42. The minimum absolute atomic E-state index is 0.132. The Morgan fingerprint density at radius 3 is 1.65 bits per heavy atom. The first-order chi connectivity index (χ1) is 9.39. The summed E-state index contributed by atoms with van der Waals surface area (Å²) in [5.74, 6) is -0.132. The zero-order chi connectivity index (χ0) is 15.4. The topological polar surface area (TPSA) is 51.2 Å².